The molecule has 3 aromatic carbocycles. The second kappa shape index (κ2) is 12.0. The molecule has 9 nitrogen and oxygen atoms in total. The van der Waals surface area contributed by atoms with E-state index in [9.17, 15) is 19.2 Å². The fourth-order valence-corrected chi connectivity index (χ4v) is 4.48. The van der Waals surface area contributed by atoms with Crippen LogP contribution in [0.4, 0.5) is 16.2 Å². The van der Waals surface area contributed by atoms with Crippen molar-refractivity contribution in [1.29, 1.82) is 0 Å². The second-order valence-corrected chi connectivity index (χ2v) is 9.56. The second-order valence-electron chi connectivity index (χ2n) is 8.71. The van der Waals surface area contributed by atoms with Gasteiger partial charge in [-0.1, -0.05) is 35.9 Å². The first-order valence-corrected chi connectivity index (χ1v) is 12.9. The number of ether oxygens (including phenoxy) is 2. The summed E-state index contributed by atoms with van der Waals surface area (Å²) in [5.41, 5.74) is 3.02. The van der Waals surface area contributed by atoms with Crippen molar-refractivity contribution in [2.45, 2.75) is 20.8 Å². The zero-order valence-electron chi connectivity index (χ0n) is 21.5. The van der Waals surface area contributed by atoms with Crippen LogP contribution in [-0.4, -0.2) is 37.0 Å². The monoisotopic (exact) mass is 591 g/mol. The number of urea groups is 1. The van der Waals surface area contributed by atoms with Gasteiger partial charge in [0, 0.05) is 5.69 Å². The molecule has 4 rings (SSSR count). The number of benzene rings is 3. The molecule has 0 saturated carbocycles. The first kappa shape index (κ1) is 27.6. The van der Waals surface area contributed by atoms with Crippen molar-refractivity contribution in [3.05, 3.63) is 87.4 Å². The fourth-order valence-electron chi connectivity index (χ4n) is 3.90. The van der Waals surface area contributed by atoms with Crippen LogP contribution in [0.3, 0.4) is 0 Å². The molecule has 1 saturated heterocycles. The standard InChI is InChI=1S/C29H26BrN3O6/c1-4-38-24-15-19(14-22(30)26(24)39-16-25(34)31-20-11-9-17(2)10-12-20)13-21-27(35)32-29(37)33(28(21)36)23-8-6-5-7-18(23)3/h5-15H,4,16H2,1-3H3,(H,31,34)(H,32,35,37)/b21-13+. The predicted molar refractivity (Wildman–Crippen MR) is 151 cm³/mol. The molecule has 2 N–H and O–H groups in total. The zero-order chi connectivity index (χ0) is 28.1. The molecule has 1 aliphatic rings. The van der Waals surface area contributed by atoms with Crippen LogP contribution in [0, 0.1) is 13.8 Å². The minimum atomic E-state index is -0.819. The summed E-state index contributed by atoms with van der Waals surface area (Å²) in [7, 11) is 0. The van der Waals surface area contributed by atoms with E-state index in [1.807, 2.05) is 19.1 Å². The number of carbonyl (C=O) groups is 4. The molecule has 0 unspecified atom stereocenters. The van der Waals surface area contributed by atoms with Crippen LogP contribution in [0.2, 0.25) is 0 Å². The number of amides is 5. The summed E-state index contributed by atoms with van der Waals surface area (Å²) in [6, 6.07) is 16.7. The minimum Gasteiger partial charge on any atom is -0.490 e. The summed E-state index contributed by atoms with van der Waals surface area (Å²) >= 11 is 3.44. The van der Waals surface area contributed by atoms with Crippen LogP contribution in [0.25, 0.3) is 6.08 Å². The van der Waals surface area contributed by atoms with E-state index in [0.717, 1.165) is 10.5 Å². The Bertz CT molecular complexity index is 1480. The molecule has 1 aliphatic heterocycles. The molecule has 1 heterocycles. The van der Waals surface area contributed by atoms with Crippen LogP contribution in [0.15, 0.2) is 70.7 Å². The number of imide groups is 2. The van der Waals surface area contributed by atoms with Gasteiger partial charge in [0.15, 0.2) is 18.1 Å². The Morgan fingerprint density at radius 2 is 1.74 bits per heavy atom. The first-order chi connectivity index (χ1) is 18.7. The van der Waals surface area contributed by atoms with Gasteiger partial charge in [-0.3, -0.25) is 19.7 Å². The Kier molecular flexibility index (Phi) is 8.46. The van der Waals surface area contributed by atoms with Gasteiger partial charge < -0.3 is 14.8 Å². The molecular weight excluding hydrogens is 566 g/mol. The Morgan fingerprint density at radius 1 is 1.03 bits per heavy atom. The Labute approximate surface area is 233 Å². The number of nitrogens with one attached hydrogen (secondary N) is 2. The highest BCUT2D eigenvalue weighted by Crippen LogP contribution is 2.38. The molecule has 39 heavy (non-hydrogen) atoms. The summed E-state index contributed by atoms with van der Waals surface area (Å²) in [6.07, 6.45) is 1.37. The molecular formula is C29H26BrN3O6. The van der Waals surface area contributed by atoms with E-state index in [-0.39, 0.29) is 23.8 Å². The van der Waals surface area contributed by atoms with Crippen molar-refractivity contribution in [2.75, 3.05) is 23.4 Å². The number of hydrogen-bond donors (Lipinski definition) is 2. The van der Waals surface area contributed by atoms with Crippen LogP contribution in [0.1, 0.15) is 23.6 Å². The lowest BCUT2D eigenvalue weighted by Crippen LogP contribution is -2.54. The van der Waals surface area contributed by atoms with Crippen molar-refractivity contribution in [1.82, 2.24) is 5.32 Å². The molecule has 0 atom stereocenters. The average molecular weight is 592 g/mol. The van der Waals surface area contributed by atoms with Gasteiger partial charge in [0.25, 0.3) is 17.7 Å². The third kappa shape index (κ3) is 6.35. The number of nitrogens with zero attached hydrogens (tertiary/aromatic N) is 1. The molecule has 10 heteroatoms. The maximum absolute atomic E-state index is 13.3. The highest BCUT2D eigenvalue weighted by molar-refractivity contribution is 9.10. The van der Waals surface area contributed by atoms with Gasteiger partial charge in [-0.2, -0.15) is 0 Å². The lowest BCUT2D eigenvalue weighted by molar-refractivity contribution is -0.122. The van der Waals surface area contributed by atoms with Gasteiger partial charge in [0.1, 0.15) is 5.57 Å². The number of aryl methyl sites for hydroxylation is 2. The summed E-state index contributed by atoms with van der Waals surface area (Å²) in [4.78, 5) is 51.8. The molecule has 0 bridgehead atoms. The average Bonchev–Trinajstić information content (AvgIpc) is 2.88. The normalized spacial score (nSPS) is 14.3. The minimum absolute atomic E-state index is 0.224. The number of para-hydroxylation sites is 1. The van der Waals surface area contributed by atoms with Crippen LogP contribution in [0.5, 0.6) is 11.5 Å². The molecule has 0 spiro atoms. The van der Waals surface area contributed by atoms with Crippen molar-refractivity contribution in [2.24, 2.45) is 0 Å². The smallest absolute Gasteiger partial charge is 0.335 e. The molecule has 5 amide bonds. The molecule has 0 radical (unpaired) electrons. The highest BCUT2D eigenvalue weighted by atomic mass is 79.9. The summed E-state index contributed by atoms with van der Waals surface area (Å²) < 4.78 is 11.9. The number of carbonyl (C=O) groups excluding carboxylic acids is 4. The molecule has 0 aliphatic carbocycles. The van der Waals surface area contributed by atoms with Crippen LogP contribution < -0.4 is 25.0 Å². The van der Waals surface area contributed by atoms with E-state index in [1.54, 1.807) is 62.4 Å². The van der Waals surface area contributed by atoms with E-state index in [4.69, 9.17) is 9.47 Å². The van der Waals surface area contributed by atoms with E-state index in [1.165, 1.54) is 6.08 Å². The van der Waals surface area contributed by atoms with Crippen molar-refractivity contribution >= 4 is 57.1 Å². The number of anilines is 2. The molecule has 3 aromatic rings. The number of hydrogen-bond acceptors (Lipinski definition) is 6. The summed E-state index contributed by atoms with van der Waals surface area (Å²) in [5.74, 6) is -1.33. The number of rotatable bonds is 8. The predicted octanol–water partition coefficient (Wildman–Crippen LogP) is 5.15. The molecule has 0 aromatic heterocycles. The van der Waals surface area contributed by atoms with E-state index >= 15 is 0 Å². The maximum Gasteiger partial charge on any atom is 0.335 e. The summed E-state index contributed by atoms with van der Waals surface area (Å²) in [6.45, 7) is 5.53. The molecule has 200 valence electrons. The van der Waals surface area contributed by atoms with Crippen molar-refractivity contribution in [3.8, 4) is 11.5 Å². The van der Waals surface area contributed by atoms with Gasteiger partial charge in [-0.25, -0.2) is 9.69 Å². The fraction of sp³-hybridized carbons (Fsp3) is 0.172. The lowest BCUT2D eigenvalue weighted by atomic mass is 10.1. The topological polar surface area (TPSA) is 114 Å². The third-order valence-corrected chi connectivity index (χ3v) is 6.37. The van der Waals surface area contributed by atoms with Crippen LogP contribution in [-0.2, 0) is 14.4 Å². The largest absolute Gasteiger partial charge is 0.490 e. The van der Waals surface area contributed by atoms with Gasteiger partial charge in [0.05, 0.1) is 16.8 Å². The van der Waals surface area contributed by atoms with E-state index in [0.29, 0.717) is 39.3 Å². The van der Waals surface area contributed by atoms with Crippen molar-refractivity contribution in [3.63, 3.8) is 0 Å². The van der Waals surface area contributed by atoms with Gasteiger partial charge in [-0.15, -0.1) is 0 Å². The quantitative estimate of drug-likeness (QED) is 0.277. The highest BCUT2D eigenvalue weighted by Gasteiger charge is 2.37. The Balaban J connectivity index is 1.58. The Morgan fingerprint density at radius 3 is 2.44 bits per heavy atom. The van der Waals surface area contributed by atoms with Crippen LogP contribution >= 0.6 is 15.9 Å². The maximum atomic E-state index is 13.3. The summed E-state index contributed by atoms with van der Waals surface area (Å²) in [5, 5.41) is 4.99. The third-order valence-electron chi connectivity index (χ3n) is 5.78. The van der Waals surface area contributed by atoms with Crippen molar-refractivity contribution < 1.29 is 28.7 Å². The lowest BCUT2D eigenvalue weighted by Gasteiger charge is -2.27. The van der Waals surface area contributed by atoms with Gasteiger partial charge in [-0.05, 0) is 84.2 Å². The van der Waals surface area contributed by atoms with E-state index in [2.05, 4.69) is 26.6 Å². The number of halogens is 1. The first-order valence-electron chi connectivity index (χ1n) is 12.1. The number of barbiturate groups is 1. The zero-order valence-corrected chi connectivity index (χ0v) is 23.1. The van der Waals surface area contributed by atoms with E-state index < -0.39 is 17.8 Å². The molecule has 1 fully saturated rings. The SMILES string of the molecule is CCOc1cc(/C=C2\C(=O)NC(=O)N(c3ccccc3C)C2=O)cc(Br)c1OCC(=O)Nc1ccc(C)cc1. The Hall–Kier alpha value is -4.44. The van der Waals surface area contributed by atoms with Gasteiger partial charge in [0.2, 0.25) is 0 Å². The van der Waals surface area contributed by atoms with Gasteiger partial charge >= 0.3 is 6.03 Å².